The molecule has 1 heterocycles. The molecule has 4 heteroatoms. The number of esters is 1. The third-order valence-corrected chi connectivity index (χ3v) is 4.13. The Kier molecular flexibility index (Phi) is 4.63. The average molecular weight is 312 g/mol. The lowest BCUT2D eigenvalue weighted by Gasteiger charge is -2.35. The maximum atomic E-state index is 12.0. The van der Waals surface area contributed by atoms with Crippen molar-refractivity contribution >= 4 is 5.97 Å². The molecule has 1 aliphatic rings. The van der Waals surface area contributed by atoms with Crippen molar-refractivity contribution in [3.63, 3.8) is 0 Å². The molecule has 0 saturated heterocycles. The summed E-state index contributed by atoms with van der Waals surface area (Å²) in [4.78, 5) is 12.0. The number of carbonyl (C=O) groups is 1. The van der Waals surface area contributed by atoms with Gasteiger partial charge in [-0.1, -0.05) is 48.5 Å². The molecule has 0 amide bonds. The van der Waals surface area contributed by atoms with E-state index in [-0.39, 0.29) is 18.6 Å². The molecule has 2 aromatic rings. The highest BCUT2D eigenvalue weighted by atomic mass is 16.5. The van der Waals surface area contributed by atoms with Gasteiger partial charge in [-0.15, -0.1) is 0 Å². The number of rotatable bonds is 4. The lowest BCUT2D eigenvalue weighted by atomic mass is 9.83. The van der Waals surface area contributed by atoms with Crippen molar-refractivity contribution in [3.8, 4) is 5.75 Å². The van der Waals surface area contributed by atoms with Crippen molar-refractivity contribution in [1.29, 1.82) is 0 Å². The number of hydrogen-bond donors (Lipinski definition) is 1. The summed E-state index contributed by atoms with van der Waals surface area (Å²) in [6, 6.07) is 17.4. The summed E-state index contributed by atoms with van der Waals surface area (Å²) in [6.45, 7) is 1.97. The third-order valence-electron chi connectivity index (χ3n) is 4.13. The van der Waals surface area contributed by atoms with E-state index >= 15 is 0 Å². The van der Waals surface area contributed by atoms with Crippen LogP contribution in [0.15, 0.2) is 54.6 Å². The molecule has 2 aromatic carbocycles. The van der Waals surface area contributed by atoms with Gasteiger partial charge in [0.15, 0.2) is 6.10 Å². The van der Waals surface area contributed by atoms with Crippen molar-refractivity contribution in [2.24, 2.45) is 5.92 Å². The zero-order valence-corrected chi connectivity index (χ0v) is 13.0. The molecule has 120 valence electrons. The highest BCUT2D eigenvalue weighted by molar-refractivity contribution is 5.75. The van der Waals surface area contributed by atoms with Crippen molar-refractivity contribution in [3.05, 3.63) is 65.7 Å². The van der Waals surface area contributed by atoms with E-state index in [0.717, 1.165) is 16.9 Å². The number of fused-ring (bicyclic) bond motifs is 1. The largest absolute Gasteiger partial charge is 0.485 e. The highest BCUT2D eigenvalue weighted by Gasteiger charge is 2.39. The van der Waals surface area contributed by atoms with Crippen LogP contribution >= 0.6 is 0 Å². The fourth-order valence-electron chi connectivity index (χ4n) is 3.01. The summed E-state index contributed by atoms with van der Waals surface area (Å²) >= 11 is 0. The summed E-state index contributed by atoms with van der Waals surface area (Å²) in [5.74, 6) is -0.179. The van der Waals surface area contributed by atoms with E-state index in [1.165, 1.54) is 0 Å². The topological polar surface area (TPSA) is 55.8 Å². The van der Waals surface area contributed by atoms with Crippen LogP contribution in [0.5, 0.6) is 5.75 Å². The van der Waals surface area contributed by atoms with Gasteiger partial charge in [-0.05, 0) is 30.5 Å². The van der Waals surface area contributed by atoms with E-state index in [1.54, 1.807) is 6.92 Å². The zero-order valence-electron chi connectivity index (χ0n) is 13.0. The van der Waals surface area contributed by atoms with E-state index in [4.69, 9.17) is 9.47 Å². The first kappa shape index (κ1) is 15.6. The van der Waals surface area contributed by atoms with Crippen molar-refractivity contribution in [1.82, 2.24) is 0 Å². The summed E-state index contributed by atoms with van der Waals surface area (Å²) in [5.41, 5.74) is 1.93. The highest BCUT2D eigenvalue weighted by Crippen LogP contribution is 2.40. The first-order valence-electron chi connectivity index (χ1n) is 7.85. The number of benzene rings is 2. The van der Waals surface area contributed by atoms with Gasteiger partial charge in [0.2, 0.25) is 0 Å². The molecule has 1 N–H and O–H groups in total. The Hall–Kier alpha value is -2.33. The number of para-hydroxylation sites is 1. The van der Waals surface area contributed by atoms with Gasteiger partial charge in [-0.3, -0.25) is 0 Å². The number of aliphatic hydroxyl groups excluding tert-OH is 1. The summed E-state index contributed by atoms with van der Waals surface area (Å²) in [6.07, 6.45) is -1.03. The molecular formula is C19H20O4. The first-order valence-corrected chi connectivity index (χ1v) is 7.85. The van der Waals surface area contributed by atoms with Crippen LogP contribution in [0.25, 0.3) is 0 Å². The molecule has 3 rings (SSSR count). The van der Waals surface area contributed by atoms with Gasteiger partial charge < -0.3 is 14.6 Å². The number of aliphatic hydroxyl groups is 1. The maximum absolute atomic E-state index is 12.0. The molecule has 0 unspecified atom stereocenters. The molecule has 0 saturated carbocycles. The summed E-state index contributed by atoms with van der Waals surface area (Å²) in [5, 5.41) is 10.5. The van der Waals surface area contributed by atoms with Crippen LogP contribution in [-0.4, -0.2) is 23.8 Å². The Morgan fingerprint density at radius 1 is 1.22 bits per heavy atom. The van der Waals surface area contributed by atoms with Gasteiger partial charge in [0.1, 0.15) is 11.9 Å². The maximum Gasteiger partial charge on any atom is 0.335 e. The van der Waals surface area contributed by atoms with Crippen LogP contribution < -0.4 is 4.74 Å². The van der Waals surface area contributed by atoms with E-state index in [1.807, 2.05) is 54.6 Å². The van der Waals surface area contributed by atoms with Crippen molar-refractivity contribution in [2.45, 2.75) is 25.6 Å². The van der Waals surface area contributed by atoms with Crippen LogP contribution in [0.1, 0.15) is 24.2 Å². The fourth-order valence-corrected chi connectivity index (χ4v) is 3.01. The zero-order chi connectivity index (χ0) is 16.2. The standard InChI is InChI=1S/C19H20O4/c1-2-22-19(21)17(20)15-12-14-10-6-7-11-16(14)23-18(15)13-8-4-3-5-9-13/h3-11,15,17-18,20H,2,12H2,1H3/t15-,17-,18-/m1/s1. The molecular weight excluding hydrogens is 292 g/mol. The molecule has 0 aliphatic carbocycles. The van der Waals surface area contributed by atoms with E-state index in [2.05, 4.69) is 0 Å². The number of carbonyl (C=O) groups excluding carboxylic acids is 1. The Bertz CT molecular complexity index is 668. The summed E-state index contributed by atoms with van der Waals surface area (Å²) < 4.78 is 11.1. The smallest absolute Gasteiger partial charge is 0.335 e. The SMILES string of the molecule is CCOC(=O)[C@H](O)[C@H]1Cc2ccccc2O[C@@H]1c1ccccc1. The van der Waals surface area contributed by atoms with Crippen molar-refractivity contribution in [2.75, 3.05) is 6.61 Å². The van der Waals surface area contributed by atoms with Gasteiger partial charge in [-0.2, -0.15) is 0 Å². The molecule has 3 atom stereocenters. The molecule has 1 aliphatic heterocycles. The Morgan fingerprint density at radius 2 is 1.91 bits per heavy atom. The minimum atomic E-state index is -1.21. The van der Waals surface area contributed by atoms with Gasteiger partial charge in [-0.25, -0.2) is 4.79 Å². The van der Waals surface area contributed by atoms with Gasteiger partial charge >= 0.3 is 5.97 Å². The molecule has 0 spiro atoms. The Morgan fingerprint density at radius 3 is 2.65 bits per heavy atom. The lowest BCUT2D eigenvalue weighted by molar-refractivity contribution is -0.159. The first-order chi connectivity index (χ1) is 11.2. The van der Waals surface area contributed by atoms with E-state index in [9.17, 15) is 9.90 Å². The Labute approximate surface area is 135 Å². The predicted octanol–water partition coefficient (Wildman–Crippen LogP) is 2.90. The second-order valence-electron chi connectivity index (χ2n) is 5.62. The number of ether oxygens (including phenoxy) is 2. The number of hydrogen-bond acceptors (Lipinski definition) is 4. The van der Waals surface area contributed by atoms with Gasteiger partial charge in [0.25, 0.3) is 0 Å². The van der Waals surface area contributed by atoms with Crippen LogP contribution in [0, 0.1) is 5.92 Å². The monoisotopic (exact) mass is 312 g/mol. The van der Waals surface area contributed by atoms with Crippen LogP contribution in [-0.2, 0) is 16.0 Å². The molecule has 4 nitrogen and oxygen atoms in total. The second-order valence-corrected chi connectivity index (χ2v) is 5.62. The molecule has 0 radical (unpaired) electrons. The van der Waals surface area contributed by atoms with Gasteiger partial charge in [0, 0.05) is 5.92 Å². The fraction of sp³-hybridized carbons (Fsp3) is 0.316. The van der Waals surface area contributed by atoms with E-state index in [0.29, 0.717) is 6.42 Å². The van der Waals surface area contributed by atoms with Crippen LogP contribution in [0.3, 0.4) is 0 Å². The minimum Gasteiger partial charge on any atom is -0.485 e. The molecule has 23 heavy (non-hydrogen) atoms. The van der Waals surface area contributed by atoms with Gasteiger partial charge in [0.05, 0.1) is 6.61 Å². The van der Waals surface area contributed by atoms with Crippen LogP contribution in [0.2, 0.25) is 0 Å². The normalized spacial score (nSPS) is 21.0. The average Bonchev–Trinajstić information content (AvgIpc) is 2.61. The molecule has 0 bridgehead atoms. The third kappa shape index (κ3) is 3.22. The quantitative estimate of drug-likeness (QED) is 0.882. The van der Waals surface area contributed by atoms with E-state index < -0.39 is 12.1 Å². The summed E-state index contributed by atoms with van der Waals surface area (Å²) in [7, 11) is 0. The Balaban J connectivity index is 1.95. The molecule has 0 aromatic heterocycles. The second kappa shape index (κ2) is 6.84. The molecule has 0 fully saturated rings. The lowest BCUT2D eigenvalue weighted by Crippen LogP contribution is -2.40. The van der Waals surface area contributed by atoms with Crippen molar-refractivity contribution < 1.29 is 19.4 Å². The minimum absolute atomic E-state index is 0.246. The predicted molar refractivity (Wildman–Crippen MR) is 86.1 cm³/mol. The van der Waals surface area contributed by atoms with Crippen LogP contribution in [0.4, 0.5) is 0 Å².